The summed E-state index contributed by atoms with van der Waals surface area (Å²) in [6.07, 6.45) is 0. The normalized spacial score (nSPS) is 12.3. The summed E-state index contributed by atoms with van der Waals surface area (Å²) in [4.78, 5) is 0.203. The van der Waals surface area contributed by atoms with Gasteiger partial charge in [-0.3, -0.25) is 0 Å². The van der Waals surface area contributed by atoms with E-state index in [1.165, 1.54) is 0 Å². The molecular weight excluding hydrogens is 362 g/mol. The summed E-state index contributed by atoms with van der Waals surface area (Å²) in [6.45, 7) is 8.14. The fraction of sp³-hybridized carbons (Fsp3) is 0.300. The number of nitrogens with zero attached hydrogens (tertiary/aromatic N) is 2. The summed E-state index contributed by atoms with van der Waals surface area (Å²) < 4.78 is 33.0. The van der Waals surface area contributed by atoms with Crippen LogP contribution in [0.4, 0.5) is 0 Å². The highest BCUT2D eigenvalue weighted by Crippen LogP contribution is 2.23. The highest BCUT2D eigenvalue weighted by Gasteiger charge is 2.18. The van der Waals surface area contributed by atoms with Crippen LogP contribution in [0.15, 0.2) is 57.8 Å². The number of sulfonamides is 1. The zero-order chi connectivity index (χ0) is 19.7. The molecule has 0 spiro atoms. The second kappa shape index (κ2) is 7.25. The van der Waals surface area contributed by atoms with Gasteiger partial charge in [0.1, 0.15) is 0 Å². The fourth-order valence-corrected chi connectivity index (χ4v) is 3.57. The van der Waals surface area contributed by atoms with Crippen molar-refractivity contribution in [2.75, 3.05) is 0 Å². The highest BCUT2D eigenvalue weighted by molar-refractivity contribution is 7.89. The summed E-state index contributed by atoms with van der Waals surface area (Å²) in [5.74, 6) is 0.573. The van der Waals surface area contributed by atoms with Gasteiger partial charge < -0.3 is 4.42 Å². The smallest absolute Gasteiger partial charge is 0.247 e. The third-order valence-corrected chi connectivity index (χ3v) is 5.59. The SMILES string of the molecule is Cc1cccc(-c2nnc(CNS(=O)(=O)c3ccc(C(C)(C)C)cc3)o2)c1. The summed E-state index contributed by atoms with van der Waals surface area (Å²) >= 11 is 0. The zero-order valence-electron chi connectivity index (χ0n) is 15.9. The topological polar surface area (TPSA) is 85.1 Å². The average molecular weight is 385 g/mol. The molecule has 3 aromatic rings. The molecule has 0 aliphatic heterocycles. The molecule has 0 radical (unpaired) electrons. The van der Waals surface area contributed by atoms with E-state index in [1.807, 2.05) is 43.3 Å². The van der Waals surface area contributed by atoms with E-state index in [0.717, 1.165) is 16.7 Å². The molecule has 27 heavy (non-hydrogen) atoms. The molecule has 0 saturated heterocycles. The molecular formula is C20H23N3O3S. The lowest BCUT2D eigenvalue weighted by atomic mass is 9.87. The Hall–Kier alpha value is -2.51. The van der Waals surface area contributed by atoms with Gasteiger partial charge in [0.05, 0.1) is 11.4 Å². The standard InChI is InChI=1S/C20H23N3O3S/c1-14-6-5-7-15(12-14)19-23-22-18(26-19)13-21-27(24,25)17-10-8-16(9-11-17)20(2,3)4/h5-12,21H,13H2,1-4H3. The van der Waals surface area contributed by atoms with E-state index < -0.39 is 10.0 Å². The van der Waals surface area contributed by atoms with E-state index >= 15 is 0 Å². The van der Waals surface area contributed by atoms with E-state index in [-0.39, 0.29) is 22.7 Å². The largest absolute Gasteiger partial charge is 0.419 e. The van der Waals surface area contributed by atoms with Crippen molar-refractivity contribution in [1.82, 2.24) is 14.9 Å². The molecule has 1 aromatic heterocycles. The van der Waals surface area contributed by atoms with Crippen LogP contribution >= 0.6 is 0 Å². The highest BCUT2D eigenvalue weighted by atomic mass is 32.2. The minimum absolute atomic E-state index is 0.0360. The minimum Gasteiger partial charge on any atom is -0.419 e. The number of rotatable bonds is 5. The van der Waals surface area contributed by atoms with Gasteiger partial charge >= 0.3 is 0 Å². The molecule has 0 atom stereocenters. The van der Waals surface area contributed by atoms with Crippen LogP contribution in [0.3, 0.4) is 0 Å². The van der Waals surface area contributed by atoms with Crippen LogP contribution in [0.2, 0.25) is 0 Å². The van der Waals surface area contributed by atoms with Crippen LogP contribution in [-0.2, 0) is 22.0 Å². The van der Waals surface area contributed by atoms with E-state index in [9.17, 15) is 8.42 Å². The van der Waals surface area contributed by atoms with Gasteiger partial charge in [-0.2, -0.15) is 0 Å². The molecule has 2 aromatic carbocycles. The maximum Gasteiger partial charge on any atom is 0.247 e. The Morgan fingerprint density at radius 1 is 1.04 bits per heavy atom. The van der Waals surface area contributed by atoms with E-state index in [0.29, 0.717) is 5.89 Å². The summed E-state index contributed by atoms with van der Waals surface area (Å²) in [5, 5.41) is 7.91. The lowest BCUT2D eigenvalue weighted by molar-refractivity contribution is 0.494. The Morgan fingerprint density at radius 3 is 2.37 bits per heavy atom. The van der Waals surface area contributed by atoms with Gasteiger partial charge in [0.25, 0.3) is 0 Å². The van der Waals surface area contributed by atoms with Gasteiger partial charge in [-0.05, 0) is 42.2 Å². The molecule has 0 amide bonds. The Bertz CT molecular complexity index is 1030. The quantitative estimate of drug-likeness (QED) is 0.722. The lowest BCUT2D eigenvalue weighted by Gasteiger charge is -2.19. The van der Waals surface area contributed by atoms with Gasteiger partial charge in [0, 0.05) is 5.56 Å². The number of hydrogen-bond acceptors (Lipinski definition) is 5. The third-order valence-electron chi connectivity index (χ3n) is 4.18. The number of benzene rings is 2. The molecule has 0 fully saturated rings. The lowest BCUT2D eigenvalue weighted by Crippen LogP contribution is -2.23. The molecule has 1 heterocycles. The van der Waals surface area contributed by atoms with Crippen molar-refractivity contribution < 1.29 is 12.8 Å². The van der Waals surface area contributed by atoms with Crippen molar-refractivity contribution in [2.45, 2.75) is 44.6 Å². The van der Waals surface area contributed by atoms with Crippen molar-refractivity contribution in [3.8, 4) is 11.5 Å². The maximum atomic E-state index is 12.5. The van der Waals surface area contributed by atoms with Crippen molar-refractivity contribution >= 4 is 10.0 Å². The van der Waals surface area contributed by atoms with Crippen molar-refractivity contribution in [3.63, 3.8) is 0 Å². The van der Waals surface area contributed by atoms with Gasteiger partial charge in [-0.1, -0.05) is 50.6 Å². The average Bonchev–Trinajstić information content (AvgIpc) is 3.09. The molecule has 0 saturated carbocycles. The summed E-state index contributed by atoms with van der Waals surface area (Å²) in [6, 6.07) is 14.5. The number of nitrogens with one attached hydrogen (secondary N) is 1. The Kier molecular flexibility index (Phi) is 5.17. The molecule has 6 nitrogen and oxygen atoms in total. The molecule has 0 aliphatic rings. The third kappa shape index (κ3) is 4.61. The number of aryl methyl sites for hydroxylation is 1. The zero-order valence-corrected chi connectivity index (χ0v) is 16.7. The maximum absolute atomic E-state index is 12.5. The predicted octanol–water partition coefficient (Wildman–Crippen LogP) is 3.82. The minimum atomic E-state index is -3.66. The van der Waals surface area contributed by atoms with Gasteiger partial charge in [0.15, 0.2) is 0 Å². The first-order valence-corrected chi connectivity index (χ1v) is 10.1. The monoisotopic (exact) mass is 385 g/mol. The van der Waals surface area contributed by atoms with Crippen LogP contribution in [0, 0.1) is 6.92 Å². The molecule has 1 N–H and O–H groups in total. The van der Waals surface area contributed by atoms with Gasteiger partial charge in [0.2, 0.25) is 21.8 Å². The molecule has 3 rings (SSSR count). The molecule has 7 heteroatoms. The number of hydrogen-bond donors (Lipinski definition) is 1. The Morgan fingerprint density at radius 2 is 1.74 bits per heavy atom. The summed E-state index contributed by atoms with van der Waals surface area (Å²) in [7, 11) is -3.66. The van der Waals surface area contributed by atoms with Crippen LogP contribution in [0.25, 0.3) is 11.5 Å². The molecule has 0 bridgehead atoms. The van der Waals surface area contributed by atoms with E-state index in [4.69, 9.17) is 4.42 Å². The van der Waals surface area contributed by atoms with Crippen molar-refractivity contribution in [1.29, 1.82) is 0 Å². The number of aromatic nitrogens is 2. The van der Waals surface area contributed by atoms with Crippen LogP contribution < -0.4 is 4.72 Å². The van der Waals surface area contributed by atoms with Crippen LogP contribution in [-0.4, -0.2) is 18.6 Å². The van der Waals surface area contributed by atoms with E-state index in [2.05, 4.69) is 35.7 Å². The van der Waals surface area contributed by atoms with Crippen LogP contribution in [0.1, 0.15) is 37.8 Å². The first kappa shape index (κ1) is 19.3. The first-order valence-electron chi connectivity index (χ1n) is 8.65. The Balaban J connectivity index is 1.71. The molecule has 142 valence electrons. The Labute approximate surface area is 159 Å². The van der Waals surface area contributed by atoms with E-state index in [1.54, 1.807) is 12.1 Å². The fourth-order valence-electron chi connectivity index (χ4n) is 2.59. The first-order chi connectivity index (χ1) is 12.6. The molecule has 0 aliphatic carbocycles. The van der Waals surface area contributed by atoms with Crippen molar-refractivity contribution in [2.24, 2.45) is 0 Å². The van der Waals surface area contributed by atoms with Gasteiger partial charge in [-0.25, -0.2) is 13.1 Å². The second-order valence-corrected chi connectivity index (χ2v) is 9.24. The van der Waals surface area contributed by atoms with Crippen molar-refractivity contribution in [3.05, 3.63) is 65.5 Å². The second-order valence-electron chi connectivity index (χ2n) is 7.47. The van der Waals surface area contributed by atoms with Crippen LogP contribution in [0.5, 0.6) is 0 Å². The molecule has 0 unspecified atom stereocenters. The van der Waals surface area contributed by atoms with Gasteiger partial charge in [-0.15, -0.1) is 10.2 Å². The predicted molar refractivity (Wildman–Crippen MR) is 104 cm³/mol. The summed E-state index contributed by atoms with van der Waals surface area (Å²) in [5.41, 5.74) is 2.91.